The standard InChI is InChI=1S/C3H6N2.C3H5NO/c2*1-2-5-3-4-1/h3H,1-2H2,(H,4,5);3H,1-2H2. The molecule has 0 radical (unpaired) electrons. The third kappa shape index (κ3) is 3.06. The van der Waals surface area contributed by atoms with Gasteiger partial charge in [0.25, 0.3) is 0 Å². The summed E-state index contributed by atoms with van der Waals surface area (Å²) in [6.07, 6.45) is 3.22. The van der Waals surface area contributed by atoms with Gasteiger partial charge >= 0.3 is 0 Å². The van der Waals surface area contributed by atoms with E-state index >= 15 is 0 Å². The Morgan fingerprint density at radius 1 is 1.30 bits per heavy atom. The number of ether oxygens (including phenoxy) is 1. The molecule has 0 amide bonds. The zero-order valence-electron chi connectivity index (χ0n) is 5.79. The summed E-state index contributed by atoms with van der Waals surface area (Å²) in [5.41, 5.74) is 0. The van der Waals surface area contributed by atoms with Gasteiger partial charge in [-0.25, -0.2) is 0 Å². The third-order valence-corrected chi connectivity index (χ3v) is 1.06. The summed E-state index contributed by atoms with van der Waals surface area (Å²) in [6, 6.07) is 0. The van der Waals surface area contributed by atoms with Crippen molar-refractivity contribution in [1.29, 1.82) is 0 Å². The molecule has 0 aromatic carbocycles. The molecule has 0 atom stereocenters. The van der Waals surface area contributed by atoms with Crippen LogP contribution in [0.3, 0.4) is 0 Å². The quantitative estimate of drug-likeness (QED) is 0.501. The Kier molecular flexibility index (Phi) is 3.37. The molecule has 2 aliphatic rings. The van der Waals surface area contributed by atoms with E-state index in [0.717, 1.165) is 26.2 Å². The van der Waals surface area contributed by atoms with E-state index in [9.17, 15) is 0 Å². The molecule has 0 aliphatic carbocycles. The summed E-state index contributed by atoms with van der Waals surface area (Å²) in [5, 5.41) is 2.93. The average Bonchev–Trinajstić information content (AvgIpc) is 2.67. The Balaban J connectivity index is 0.0000001000. The fourth-order valence-electron chi connectivity index (χ4n) is 0.586. The van der Waals surface area contributed by atoms with E-state index in [0.29, 0.717) is 0 Å². The first-order chi connectivity index (χ1) is 5.00. The minimum absolute atomic E-state index is 0.778. The van der Waals surface area contributed by atoms with Gasteiger partial charge in [-0.05, 0) is 0 Å². The van der Waals surface area contributed by atoms with Gasteiger partial charge in [0, 0.05) is 6.54 Å². The Morgan fingerprint density at radius 2 is 2.30 bits per heavy atom. The largest absolute Gasteiger partial charge is 0.482 e. The monoisotopic (exact) mass is 141 g/mol. The van der Waals surface area contributed by atoms with E-state index in [-0.39, 0.29) is 0 Å². The lowest BCUT2D eigenvalue weighted by Crippen LogP contribution is -2.04. The number of hydrogen-bond donors (Lipinski definition) is 1. The number of aliphatic imine (C=N–C) groups is 2. The second-order valence-electron chi connectivity index (χ2n) is 1.87. The Bertz CT molecular complexity index is 105. The lowest BCUT2D eigenvalue weighted by molar-refractivity contribution is 0.361. The van der Waals surface area contributed by atoms with Gasteiger partial charge in [0.05, 0.1) is 19.4 Å². The highest BCUT2D eigenvalue weighted by Crippen LogP contribution is 1.78. The summed E-state index contributed by atoms with van der Waals surface area (Å²) in [6.45, 7) is 3.61. The molecule has 0 spiro atoms. The summed E-state index contributed by atoms with van der Waals surface area (Å²) in [7, 11) is 0. The molecular weight excluding hydrogens is 130 g/mol. The number of hydrogen-bond acceptors (Lipinski definition) is 4. The van der Waals surface area contributed by atoms with Crippen molar-refractivity contribution in [2.24, 2.45) is 9.98 Å². The van der Waals surface area contributed by atoms with Crippen molar-refractivity contribution in [1.82, 2.24) is 5.32 Å². The molecule has 0 fully saturated rings. The van der Waals surface area contributed by atoms with Gasteiger partial charge in [-0.15, -0.1) is 0 Å². The second kappa shape index (κ2) is 4.78. The van der Waals surface area contributed by atoms with Gasteiger partial charge in [0.15, 0.2) is 6.40 Å². The first-order valence-corrected chi connectivity index (χ1v) is 3.32. The van der Waals surface area contributed by atoms with Crippen LogP contribution in [0.1, 0.15) is 0 Å². The van der Waals surface area contributed by atoms with Crippen molar-refractivity contribution < 1.29 is 4.74 Å². The Labute approximate surface area is 60.0 Å². The first kappa shape index (κ1) is 7.05. The molecule has 4 heteroatoms. The van der Waals surface area contributed by atoms with Gasteiger partial charge in [-0.1, -0.05) is 0 Å². The third-order valence-electron chi connectivity index (χ3n) is 1.06. The van der Waals surface area contributed by atoms with E-state index in [4.69, 9.17) is 0 Å². The average molecular weight is 141 g/mol. The minimum Gasteiger partial charge on any atom is -0.482 e. The van der Waals surface area contributed by atoms with Crippen molar-refractivity contribution in [2.75, 3.05) is 26.2 Å². The highest BCUT2D eigenvalue weighted by Gasteiger charge is 1.84. The van der Waals surface area contributed by atoms with Crippen LogP contribution in [0.25, 0.3) is 0 Å². The maximum atomic E-state index is 4.65. The number of nitrogens with one attached hydrogen (secondary N) is 1. The van der Waals surface area contributed by atoms with Crippen molar-refractivity contribution in [3.63, 3.8) is 0 Å². The molecule has 0 saturated heterocycles. The lowest BCUT2D eigenvalue weighted by atomic mass is 10.7. The molecule has 2 aliphatic heterocycles. The Hall–Kier alpha value is -1.06. The van der Waals surface area contributed by atoms with Gasteiger partial charge in [0.2, 0.25) is 0 Å². The molecule has 0 saturated carbocycles. The maximum absolute atomic E-state index is 4.65. The predicted molar refractivity (Wildman–Crippen MR) is 40.7 cm³/mol. The van der Waals surface area contributed by atoms with Crippen molar-refractivity contribution >= 4 is 12.7 Å². The highest BCUT2D eigenvalue weighted by atomic mass is 16.5. The van der Waals surface area contributed by atoms with Crippen LogP contribution in [-0.4, -0.2) is 39.0 Å². The normalized spacial score (nSPS) is 19.2. The van der Waals surface area contributed by atoms with Gasteiger partial charge in [0.1, 0.15) is 6.61 Å². The van der Waals surface area contributed by atoms with Gasteiger partial charge < -0.3 is 10.1 Å². The summed E-state index contributed by atoms with van der Waals surface area (Å²) < 4.78 is 4.65. The minimum atomic E-state index is 0.778. The Morgan fingerprint density at radius 3 is 2.50 bits per heavy atom. The molecule has 2 heterocycles. The van der Waals surface area contributed by atoms with E-state index in [1.54, 1.807) is 6.34 Å². The van der Waals surface area contributed by atoms with Gasteiger partial charge in [-0.2, -0.15) is 0 Å². The second-order valence-corrected chi connectivity index (χ2v) is 1.87. The van der Waals surface area contributed by atoms with Gasteiger partial charge in [-0.3, -0.25) is 9.98 Å². The van der Waals surface area contributed by atoms with E-state index in [1.807, 2.05) is 0 Å². The fraction of sp³-hybridized carbons (Fsp3) is 0.667. The van der Waals surface area contributed by atoms with Crippen LogP contribution in [0.15, 0.2) is 9.98 Å². The topological polar surface area (TPSA) is 46.0 Å². The highest BCUT2D eigenvalue weighted by molar-refractivity contribution is 5.56. The van der Waals surface area contributed by atoms with E-state index in [1.165, 1.54) is 6.40 Å². The molecule has 4 nitrogen and oxygen atoms in total. The van der Waals surface area contributed by atoms with Crippen LogP contribution >= 0.6 is 0 Å². The molecule has 0 aromatic rings. The molecule has 2 rings (SSSR count). The fourth-order valence-corrected chi connectivity index (χ4v) is 0.586. The summed E-state index contributed by atoms with van der Waals surface area (Å²) in [5.74, 6) is 0. The lowest BCUT2D eigenvalue weighted by Gasteiger charge is -1.76. The van der Waals surface area contributed by atoms with E-state index in [2.05, 4.69) is 20.0 Å². The summed E-state index contributed by atoms with van der Waals surface area (Å²) >= 11 is 0. The molecular formula is C6H11N3O. The SMILES string of the molecule is C1=NCCN1.C1=NCCO1. The van der Waals surface area contributed by atoms with Crippen LogP contribution in [0, 0.1) is 0 Å². The number of nitrogens with zero attached hydrogens (tertiary/aromatic N) is 2. The maximum Gasteiger partial charge on any atom is 0.169 e. The molecule has 0 bridgehead atoms. The zero-order valence-corrected chi connectivity index (χ0v) is 5.79. The first-order valence-electron chi connectivity index (χ1n) is 3.32. The van der Waals surface area contributed by atoms with Crippen LogP contribution in [0.2, 0.25) is 0 Å². The molecule has 10 heavy (non-hydrogen) atoms. The number of rotatable bonds is 0. The van der Waals surface area contributed by atoms with Crippen molar-refractivity contribution in [3.8, 4) is 0 Å². The molecule has 56 valence electrons. The van der Waals surface area contributed by atoms with Crippen LogP contribution < -0.4 is 5.32 Å². The molecule has 0 aromatic heterocycles. The van der Waals surface area contributed by atoms with Crippen LogP contribution in [0.4, 0.5) is 0 Å². The zero-order chi connectivity index (χ0) is 7.07. The van der Waals surface area contributed by atoms with Crippen LogP contribution in [0.5, 0.6) is 0 Å². The van der Waals surface area contributed by atoms with Crippen molar-refractivity contribution in [3.05, 3.63) is 0 Å². The molecule has 1 N–H and O–H groups in total. The predicted octanol–water partition coefficient (Wildman–Crippen LogP) is -0.337. The molecule has 0 unspecified atom stereocenters. The summed E-state index contributed by atoms with van der Waals surface area (Å²) in [4.78, 5) is 7.58. The van der Waals surface area contributed by atoms with E-state index < -0.39 is 0 Å². The smallest absolute Gasteiger partial charge is 0.169 e. The van der Waals surface area contributed by atoms with Crippen LogP contribution in [-0.2, 0) is 4.74 Å². The van der Waals surface area contributed by atoms with Crippen molar-refractivity contribution in [2.45, 2.75) is 0 Å².